The maximum atomic E-state index is 12.9. The van der Waals surface area contributed by atoms with E-state index in [1.165, 1.54) is 0 Å². The Kier molecular flexibility index (Phi) is 3.96. The molecular formula is C21H22N2O2. The van der Waals surface area contributed by atoms with E-state index >= 15 is 0 Å². The van der Waals surface area contributed by atoms with E-state index in [0.717, 1.165) is 40.4 Å². The van der Waals surface area contributed by atoms with Crippen LogP contribution < -0.4 is 15.4 Å². The van der Waals surface area contributed by atoms with E-state index in [-0.39, 0.29) is 11.8 Å². The first-order valence-electron chi connectivity index (χ1n) is 8.68. The Bertz CT molecular complexity index is 839. The number of nitrogens with one attached hydrogen (secondary N) is 2. The van der Waals surface area contributed by atoms with Crippen LogP contribution in [0.1, 0.15) is 31.4 Å². The Hall–Kier alpha value is -2.75. The summed E-state index contributed by atoms with van der Waals surface area (Å²) in [6, 6.07) is 15.9. The van der Waals surface area contributed by atoms with Crippen LogP contribution in [0.25, 0.3) is 0 Å². The number of carbonyl (C=O) groups is 1. The van der Waals surface area contributed by atoms with Gasteiger partial charge in [-0.25, -0.2) is 0 Å². The average molecular weight is 334 g/mol. The summed E-state index contributed by atoms with van der Waals surface area (Å²) in [4.78, 5) is 12.9. The zero-order valence-corrected chi connectivity index (χ0v) is 14.5. The van der Waals surface area contributed by atoms with Gasteiger partial charge in [0.25, 0.3) is 0 Å². The second-order valence-electron chi connectivity index (χ2n) is 6.85. The Morgan fingerprint density at radius 2 is 1.72 bits per heavy atom. The fourth-order valence-electron chi connectivity index (χ4n) is 3.73. The van der Waals surface area contributed by atoms with Gasteiger partial charge in [-0.2, -0.15) is 0 Å². The summed E-state index contributed by atoms with van der Waals surface area (Å²) in [7, 11) is 1.66. The third kappa shape index (κ3) is 2.88. The van der Waals surface area contributed by atoms with Crippen molar-refractivity contribution < 1.29 is 9.53 Å². The number of allylic oxidation sites excluding steroid dienone is 1. The van der Waals surface area contributed by atoms with Crippen molar-refractivity contribution in [2.24, 2.45) is 5.92 Å². The molecule has 4 heteroatoms. The van der Waals surface area contributed by atoms with Gasteiger partial charge in [-0.3, -0.25) is 4.79 Å². The van der Waals surface area contributed by atoms with Crippen LogP contribution in [-0.2, 0) is 4.79 Å². The smallest absolute Gasteiger partial charge is 0.163 e. The quantitative estimate of drug-likeness (QED) is 0.847. The Balaban J connectivity index is 1.84. The molecule has 2 aliphatic rings. The van der Waals surface area contributed by atoms with Crippen LogP contribution in [0.2, 0.25) is 0 Å². The number of anilines is 2. The Morgan fingerprint density at radius 1 is 1.00 bits per heavy atom. The lowest BCUT2D eigenvalue weighted by Crippen LogP contribution is -2.26. The van der Waals surface area contributed by atoms with Gasteiger partial charge in [-0.15, -0.1) is 0 Å². The third-order valence-corrected chi connectivity index (χ3v) is 4.96. The molecule has 0 bridgehead atoms. The predicted molar refractivity (Wildman–Crippen MR) is 99.9 cm³/mol. The molecule has 2 N–H and O–H groups in total. The van der Waals surface area contributed by atoms with Crippen LogP contribution in [0.15, 0.2) is 59.8 Å². The molecule has 4 nitrogen and oxygen atoms in total. The number of para-hydroxylation sites is 2. The van der Waals surface area contributed by atoms with Crippen molar-refractivity contribution in [3.8, 4) is 5.75 Å². The molecule has 0 spiro atoms. The molecule has 0 aromatic heterocycles. The van der Waals surface area contributed by atoms with Gasteiger partial charge in [0.15, 0.2) is 5.78 Å². The molecule has 0 amide bonds. The molecule has 1 aliphatic heterocycles. The Labute approximate surface area is 147 Å². The summed E-state index contributed by atoms with van der Waals surface area (Å²) in [6.45, 7) is 2.13. The SMILES string of the molecule is COc1ccc([C@@H]2Nc3ccccc3NC3=C2C(=O)C[C@@H](C)C3)cc1. The maximum absolute atomic E-state index is 12.9. The number of methoxy groups -OCH3 is 1. The molecule has 2 aromatic rings. The molecule has 2 atom stereocenters. The zero-order valence-electron chi connectivity index (χ0n) is 14.5. The second-order valence-corrected chi connectivity index (χ2v) is 6.85. The van der Waals surface area contributed by atoms with Gasteiger partial charge in [-0.1, -0.05) is 31.2 Å². The van der Waals surface area contributed by atoms with Gasteiger partial charge < -0.3 is 15.4 Å². The number of ketones is 1. The van der Waals surface area contributed by atoms with E-state index in [4.69, 9.17) is 4.74 Å². The van der Waals surface area contributed by atoms with Crippen molar-refractivity contribution in [1.82, 2.24) is 0 Å². The summed E-state index contributed by atoms with van der Waals surface area (Å²) in [5, 5.41) is 7.09. The number of hydrogen-bond donors (Lipinski definition) is 2. The zero-order chi connectivity index (χ0) is 17.4. The molecule has 0 saturated carbocycles. The number of rotatable bonds is 2. The molecule has 0 unspecified atom stereocenters. The summed E-state index contributed by atoms with van der Waals surface area (Å²) in [6.07, 6.45) is 1.49. The standard InChI is InChI=1S/C21H22N2O2/c1-13-11-18-20(19(24)12-13)21(14-7-9-15(25-2)10-8-14)23-17-6-4-3-5-16(17)22-18/h3-10,13,21-23H,11-12H2,1-2H3/t13-,21-/m0/s1. The molecule has 1 aliphatic carbocycles. The Morgan fingerprint density at radius 3 is 2.44 bits per heavy atom. The highest BCUT2D eigenvalue weighted by atomic mass is 16.5. The average Bonchev–Trinajstić information content (AvgIpc) is 2.78. The lowest BCUT2D eigenvalue weighted by molar-refractivity contribution is -0.117. The van der Waals surface area contributed by atoms with Gasteiger partial charge in [0, 0.05) is 17.7 Å². The van der Waals surface area contributed by atoms with E-state index in [9.17, 15) is 4.79 Å². The highest BCUT2D eigenvalue weighted by molar-refractivity contribution is 6.00. The molecule has 25 heavy (non-hydrogen) atoms. The summed E-state index contributed by atoms with van der Waals surface area (Å²) < 4.78 is 5.27. The van der Waals surface area contributed by atoms with E-state index in [1.807, 2.05) is 48.5 Å². The topological polar surface area (TPSA) is 50.4 Å². The van der Waals surface area contributed by atoms with Crippen LogP contribution >= 0.6 is 0 Å². The number of ether oxygens (including phenoxy) is 1. The largest absolute Gasteiger partial charge is 0.497 e. The molecule has 4 rings (SSSR count). The first-order valence-corrected chi connectivity index (χ1v) is 8.68. The minimum atomic E-state index is -0.156. The molecule has 2 aromatic carbocycles. The van der Waals surface area contributed by atoms with Crippen molar-refractivity contribution in [2.75, 3.05) is 17.7 Å². The highest BCUT2D eigenvalue weighted by Gasteiger charge is 2.34. The molecule has 128 valence electrons. The van der Waals surface area contributed by atoms with E-state index in [1.54, 1.807) is 7.11 Å². The second kappa shape index (κ2) is 6.28. The number of hydrogen-bond acceptors (Lipinski definition) is 4. The molecule has 0 fully saturated rings. The van der Waals surface area contributed by atoms with Crippen molar-refractivity contribution >= 4 is 17.2 Å². The molecule has 0 radical (unpaired) electrons. The van der Waals surface area contributed by atoms with Crippen molar-refractivity contribution in [3.05, 3.63) is 65.4 Å². The lowest BCUT2D eigenvalue weighted by Gasteiger charge is -2.28. The number of fused-ring (bicyclic) bond motifs is 1. The summed E-state index contributed by atoms with van der Waals surface area (Å²) in [5.41, 5.74) is 5.00. The van der Waals surface area contributed by atoms with Gasteiger partial charge in [0.1, 0.15) is 5.75 Å². The first kappa shape index (κ1) is 15.8. The minimum Gasteiger partial charge on any atom is -0.497 e. The van der Waals surface area contributed by atoms with E-state index in [2.05, 4.69) is 17.6 Å². The molecular weight excluding hydrogens is 312 g/mol. The maximum Gasteiger partial charge on any atom is 0.163 e. The van der Waals surface area contributed by atoms with Crippen LogP contribution in [0.4, 0.5) is 11.4 Å². The fourth-order valence-corrected chi connectivity index (χ4v) is 3.73. The van der Waals surface area contributed by atoms with Gasteiger partial charge in [0.05, 0.1) is 24.5 Å². The third-order valence-electron chi connectivity index (χ3n) is 4.96. The van der Waals surface area contributed by atoms with Crippen molar-refractivity contribution in [2.45, 2.75) is 25.8 Å². The highest BCUT2D eigenvalue weighted by Crippen LogP contribution is 2.41. The van der Waals surface area contributed by atoms with Gasteiger partial charge >= 0.3 is 0 Å². The van der Waals surface area contributed by atoms with E-state index in [0.29, 0.717) is 12.3 Å². The van der Waals surface area contributed by atoms with Crippen LogP contribution in [0.5, 0.6) is 5.75 Å². The van der Waals surface area contributed by atoms with Crippen molar-refractivity contribution in [3.63, 3.8) is 0 Å². The minimum absolute atomic E-state index is 0.156. The number of carbonyl (C=O) groups excluding carboxylic acids is 1. The summed E-state index contributed by atoms with van der Waals surface area (Å²) >= 11 is 0. The normalized spacial score (nSPS) is 22.2. The van der Waals surface area contributed by atoms with Gasteiger partial charge in [-0.05, 0) is 42.2 Å². The predicted octanol–water partition coefficient (Wildman–Crippen LogP) is 4.53. The number of Topliss-reactive ketones (excluding diaryl/α,β-unsaturated/α-hetero) is 1. The van der Waals surface area contributed by atoms with Crippen LogP contribution in [-0.4, -0.2) is 12.9 Å². The number of benzene rings is 2. The molecule has 0 saturated heterocycles. The van der Waals surface area contributed by atoms with Crippen LogP contribution in [0.3, 0.4) is 0 Å². The van der Waals surface area contributed by atoms with Gasteiger partial charge in [0.2, 0.25) is 0 Å². The summed E-state index contributed by atoms with van der Waals surface area (Å²) in [5.74, 6) is 1.40. The fraction of sp³-hybridized carbons (Fsp3) is 0.286. The van der Waals surface area contributed by atoms with E-state index < -0.39 is 0 Å². The molecule has 1 heterocycles. The lowest BCUT2D eigenvalue weighted by atomic mass is 9.82. The van der Waals surface area contributed by atoms with Crippen molar-refractivity contribution in [1.29, 1.82) is 0 Å². The van der Waals surface area contributed by atoms with Crippen LogP contribution in [0, 0.1) is 5.92 Å². The monoisotopic (exact) mass is 334 g/mol. The first-order chi connectivity index (χ1) is 12.2.